The molecule has 0 aliphatic heterocycles. The van der Waals surface area contributed by atoms with Gasteiger partial charge in [0.2, 0.25) is 0 Å². The van der Waals surface area contributed by atoms with Gasteiger partial charge in [-0.1, -0.05) is 35.3 Å². The first kappa shape index (κ1) is 17.4. The Morgan fingerprint density at radius 1 is 1.05 bits per heavy atom. The van der Waals surface area contributed by atoms with Crippen molar-refractivity contribution in [3.8, 4) is 5.75 Å². The minimum absolute atomic E-state index is 0. The second kappa shape index (κ2) is 7.10. The van der Waals surface area contributed by atoms with Crippen LogP contribution in [0.4, 0.5) is 0 Å². The molecule has 2 aromatic carbocycles. The van der Waals surface area contributed by atoms with Crippen molar-refractivity contribution in [2.45, 2.75) is 18.4 Å². The number of halogens is 3. The molecule has 0 bridgehead atoms. The van der Waals surface area contributed by atoms with Crippen molar-refractivity contribution in [2.24, 2.45) is 0 Å². The van der Waals surface area contributed by atoms with Crippen LogP contribution in [0.15, 0.2) is 36.4 Å². The first-order valence-electron chi connectivity index (χ1n) is 6.94. The SMILES string of the molecule is CNC1CC(c2ccc(Cl)c(Cl)c2)c2ccc(OC)cc21.[Cl-]. The van der Waals surface area contributed by atoms with E-state index >= 15 is 0 Å². The predicted octanol–water partition coefficient (Wildman–Crippen LogP) is 1.80. The summed E-state index contributed by atoms with van der Waals surface area (Å²) in [6.45, 7) is 0. The summed E-state index contributed by atoms with van der Waals surface area (Å²) in [5.41, 5.74) is 3.83. The number of hydrogen-bond donors (Lipinski definition) is 1. The Kier molecular flexibility index (Phi) is 5.62. The highest BCUT2D eigenvalue weighted by Gasteiger charge is 2.31. The van der Waals surface area contributed by atoms with Gasteiger partial charge in [0.25, 0.3) is 0 Å². The number of hydrogen-bond acceptors (Lipinski definition) is 2. The third kappa shape index (κ3) is 3.07. The number of ether oxygens (including phenoxy) is 1. The first-order chi connectivity index (χ1) is 10.1. The highest BCUT2D eigenvalue weighted by atomic mass is 35.5. The Morgan fingerprint density at radius 3 is 2.45 bits per heavy atom. The fourth-order valence-corrected chi connectivity index (χ4v) is 3.41. The van der Waals surface area contributed by atoms with Gasteiger partial charge in [0, 0.05) is 12.0 Å². The van der Waals surface area contributed by atoms with Crippen LogP contribution in [0.5, 0.6) is 5.75 Å². The Bertz CT molecular complexity index is 675. The molecule has 118 valence electrons. The lowest BCUT2D eigenvalue weighted by atomic mass is 9.93. The van der Waals surface area contributed by atoms with Gasteiger partial charge in [-0.25, -0.2) is 0 Å². The second-order valence-corrected chi connectivity index (χ2v) is 6.11. The molecule has 0 saturated carbocycles. The van der Waals surface area contributed by atoms with E-state index in [0.29, 0.717) is 22.0 Å². The molecule has 0 heterocycles. The van der Waals surface area contributed by atoms with Gasteiger partial charge in [-0.3, -0.25) is 0 Å². The van der Waals surface area contributed by atoms with E-state index in [1.807, 2.05) is 25.2 Å². The van der Waals surface area contributed by atoms with Crippen LogP contribution < -0.4 is 22.5 Å². The molecule has 0 spiro atoms. The second-order valence-electron chi connectivity index (χ2n) is 5.30. The summed E-state index contributed by atoms with van der Waals surface area (Å²) in [4.78, 5) is 0. The van der Waals surface area contributed by atoms with Crippen molar-refractivity contribution in [1.82, 2.24) is 5.32 Å². The van der Waals surface area contributed by atoms with E-state index in [1.165, 1.54) is 16.7 Å². The largest absolute Gasteiger partial charge is 1.00 e. The summed E-state index contributed by atoms with van der Waals surface area (Å²) in [5, 5.41) is 4.59. The van der Waals surface area contributed by atoms with Crippen LogP contribution in [0.2, 0.25) is 10.0 Å². The van der Waals surface area contributed by atoms with E-state index in [1.54, 1.807) is 7.11 Å². The van der Waals surface area contributed by atoms with Crippen LogP contribution in [0.25, 0.3) is 0 Å². The summed E-state index contributed by atoms with van der Waals surface area (Å²) >= 11 is 12.2. The highest BCUT2D eigenvalue weighted by molar-refractivity contribution is 6.42. The Hall–Kier alpha value is -0.930. The topological polar surface area (TPSA) is 21.3 Å². The summed E-state index contributed by atoms with van der Waals surface area (Å²) in [5.74, 6) is 1.22. The van der Waals surface area contributed by atoms with Gasteiger partial charge in [0.1, 0.15) is 5.75 Å². The van der Waals surface area contributed by atoms with E-state index in [4.69, 9.17) is 27.9 Å². The van der Waals surface area contributed by atoms with Crippen molar-refractivity contribution >= 4 is 23.2 Å². The van der Waals surface area contributed by atoms with Crippen molar-refractivity contribution in [3.05, 3.63) is 63.1 Å². The molecule has 2 unspecified atom stereocenters. The minimum Gasteiger partial charge on any atom is -1.00 e. The molecule has 0 saturated heterocycles. The molecule has 2 aromatic rings. The lowest BCUT2D eigenvalue weighted by Crippen LogP contribution is -3.00. The Morgan fingerprint density at radius 2 is 1.82 bits per heavy atom. The minimum atomic E-state index is 0. The molecule has 1 aliphatic rings. The van der Waals surface area contributed by atoms with E-state index in [0.717, 1.165) is 12.2 Å². The van der Waals surface area contributed by atoms with E-state index < -0.39 is 0 Å². The maximum absolute atomic E-state index is 6.17. The zero-order valence-electron chi connectivity index (χ0n) is 12.4. The average Bonchev–Trinajstić information content (AvgIpc) is 2.87. The maximum atomic E-state index is 6.17. The normalized spacial score (nSPS) is 19.5. The van der Waals surface area contributed by atoms with Crippen LogP contribution in [-0.4, -0.2) is 14.2 Å². The van der Waals surface area contributed by atoms with E-state index in [2.05, 4.69) is 23.5 Å². The fraction of sp³-hybridized carbons (Fsp3) is 0.294. The van der Waals surface area contributed by atoms with E-state index in [9.17, 15) is 0 Å². The van der Waals surface area contributed by atoms with Gasteiger partial charge >= 0.3 is 0 Å². The third-order valence-electron chi connectivity index (χ3n) is 4.21. The Labute approximate surface area is 147 Å². The lowest BCUT2D eigenvalue weighted by Gasteiger charge is -2.13. The standard InChI is InChI=1S/C17H17Cl2NO.ClH/c1-20-17-9-13(10-3-6-15(18)16(19)7-10)12-5-4-11(21-2)8-14(12)17;/h3-8,13,17,20H,9H2,1-2H3;1H/p-1. The van der Waals surface area contributed by atoms with Gasteiger partial charge in [-0.05, 0) is 54.4 Å². The number of nitrogens with one attached hydrogen (secondary N) is 1. The molecular weight excluding hydrogens is 341 g/mol. The van der Waals surface area contributed by atoms with Crippen LogP contribution in [0, 0.1) is 0 Å². The fourth-order valence-electron chi connectivity index (χ4n) is 3.11. The highest BCUT2D eigenvalue weighted by Crippen LogP contribution is 2.45. The van der Waals surface area contributed by atoms with Crippen LogP contribution in [0.1, 0.15) is 35.1 Å². The van der Waals surface area contributed by atoms with Crippen molar-refractivity contribution in [1.29, 1.82) is 0 Å². The van der Waals surface area contributed by atoms with E-state index in [-0.39, 0.29) is 12.4 Å². The summed E-state index contributed by atoms with van der Waals surface area (Å²) in [6, 6.07) is 12.5. The molecular formula is C17H17Cl3NO-. The zero-order chi connectivity index (χ0) is 15.0. The molecule has 1 N–H and O–H groups in total. The lowest BCUT2D eigenvalue weighted by molar-refractivity contribution is -0.00000438. The summed E-state index contributed by atoms with van der Waals surface area (Å²) < 4.78 is 5.34. The molecule has 3 rings (SSSR count). The quantitative estimate of drug-likeness (QED) is 0.904. The van der Waals surface area contributed by atoms with Crippen LogP contribution in [-0.2, 0) is 0 Å². The molecule has 0 radical (unpaired) electrons. The monoisotopic (exact) mass is 356 g/mol. The molecule has 2 nitrogen and oxygen atoms in total. The van der Waals surface area contributed by atoms with Gasteiger partial charge in [0.05, 0.1) is 17.2 Å². The third-order valence-corrected chi connectivity index (χ3v) is 4.95. The molecule has 5 heteroatoms. The maximum Gasteiger partial charge on any atom is 0.119 e. The molecule has 0 amide bonds. The predicted molar refractivity (Wildman–Crippen MR) is 87.7 cm³/mol. The van der Waals surface area contributed by atoms with Crippen molar-refractivity contribution in [3.63, 3.8) is 0 Å². The molecule has 0 fully saturated rings. The molecule has 22 heavy (non-hydrogen) atoms. The van der Waals surface area contributed by atoms with Crippen LogP contribution in [0.3, 0.4) is 0 Å². The first-order valence-corrected chi connectivity index (χ1v) is 7.69. The van der Waals surface area contributed by atoms with Gasteiger partial charge in [-0.15, -0.1) is 0 Å². The van der Waals surface area contributed by atoms with Crippen molar-refractivity contribution < 1.29 is 17.1 Å². The number of methoxy groups -OCH3 is 1. The smallest absolute Gasteiger partial charge is 0.119 e. The number of benzene rings is 2. The number of rotatable bonds is 3. The van der Waals surface area contributed by atoms with Gasteiger partial charge < -0.3 is 22.5 Å². The Balaban J connectivity index is 0.00000176. The van der Waals surface area contributed by atoms with Gasteiger partial charge in [-0.2, -0.15) is 0 Å². The zero-order valence-corrected chi connectivity index (χ0v) is 14.6. The van der Waals surface area contributed by atoms with Gasteiger partial charge in [0.15, 0.2) is 0 Å². The molecule has 2 atom stereocenters. The molecule has 0 aromatic heterocycles. The van der Waals surface area contributed by atoms with Crippen molar-refractivity contribution in [2.75, 3.05) is 14.2 Å². The summed E-state index contributed by atoms with van der Waals surface area (Å²) in [7, 11) is 3.69. The van der Waals surface area contributed by atoms with Crippen LogP contribution >= 0.6 is 23.2 Å². The molecule has 1 aliphatic carbocycles. The summed E-state index contributed by atoms with van der Waals surface area (Å²) in [6.07, 6.45) is 1.01. The average molecular weight is 358 g/mol. The number of fused-ring (bicyclic) bond motifs is 1.